The van der Waals surface area contributed by atoms with E-state index in [1.807, 2.05) is 6.92 Å². The lowest BCUT2D eigenvalue weighted by atomic mass is 10.1. The Morgan fingerprint density at radius 1 is 1.22 bits per heavy atom. The van der Waals surface area contributed by atoms with Crippen LogP contribution in [0.2, 0.25) is 10.0 Å². The zero-order valence-electron chi connectivity index (χ0n) is 16.8. The third-order valence-corrected chi connectivity index (χ3v) is 5.35. The van der Waals surface area contributed by atoms with Crippen LogP contribution in [0.15, 0.2) is 42.7 Å². The van der Waals surface area contributed by atoms with Crippen molar-refractivity contribution in [2.45, 2.75) is 19.4 Å². The van der Waals surface area contributed by atoms with E-state index in [1.54, 1.807) is 41.1 Å². The molecule has 164 valence electrons. The highest BCUT2D eigenvalue weighted by Crippen LogP contribution is 2.31. The Labute approximate surface area is 192 Å². The predicted octanol–water partition coefficient (Wildman–Crippen LogP) is 4.21. The monoisotopic (exact) mass is 472 g/mol. The number of halogens is 2. The van der Waals surface area contributed by atoms with Gasteiger partial charge in [0.05, 0.1) is 15.6 Å². The molecule has 1 atom stereocenters. The van der Waals surface area contributed by atoms with Gasteiger partial charge in [-0.1, -0.05) is 23.2 Å². The average Bonchev–Trinajstić information content (AvgIpc) is 3.16. The topological polar surface area (TPSA) is 150 Å². The maximum atomic E-state index is 11.5. The van der Waals surface area contributed by atoms with Crippen molar-refractivity contribution in [2.75, 3.05) is 16.8 Å². The summed E-state index contributed by atoms with van der Waals surface area (Å²) in [5, 5.41) is 15.7. The molecule has 0 spiro atoms. The van der Waals surface area contributed by atoms with Crippen molar-refractivity contribution in [1.82, 2.24) is 19.4 Å². The van der Waals surface area contributed by atoms with Gasteiger partial charge >= 0.3 is 5.69 Å². The van der Waals surface area contributed by atoms with Gasteiger partial charge in [0, 0.05) is 40.7 Å². The molecule has 1 aromatic carbocycles. The number of nitrogen functional groups attached to an aromatic ring is 2. The van der Waals surface area contributed by atoms with Gasteiger partial charge < -0.3 is 16.8 Å². The molecule has 32 heavy (non-hydrogen) atoms. The molecule has 0 saturated heterocycles. The first-order chi connectivity index (χ1) is 15.2. The molecule has 0 fully saturated rings. The van der Waals surface area contributed by atoms with E-state index in [0.29, 0.717) is 38.5 Å². The van der Waals surface area contributed by atoms with Gasteiger partial charge in [-0.25, -0.2) is 15.0 Å². The van der Waals surface area contributed by atoms with E-state index in [0.717, 1.165) is 0 Å². The molecule has 4 rings (SSSR count). The number of fused-ring (bicyclic) bond motifs is 1. The van der Waals surface area contributed by atoms with Crippen LogP contribution in [0.5, 0.6) is 0 Å². The molecule has 0 aliphatic carbocycles. The van der Waals surface area contributed by atoms with Gasteiger partial charge in [-0.3, -0.25) is 14.5 Å². The van der Waals surface area contributed by atoms with Crippen molar-refractivity contribution < 1.29 is 4.92 Å². The first kappa shape index (κ1) is 21.6. The van der Waals surface area contributed by atoms with Gasteiger partial charge in [0.1, 0.15) is 11.5 Å². The van der Waals surface area contributed by atoms with Crippen LogP contribution in [0.3, 0.4) is 0 Å². The summed E-state index contributed by atoms with van der Waals surface area (Å²) in [6.07, 6.45) is 3.67. The Hall–Kier alpha value is -3.63. The lowest BCUT2D eigenvalue weighted by Crippen LogP contribution is -2.22. The van der Waals surface area contributed by atoms with Gasteiger partial charge in [0.2, 0.25) is 11.8 Å². The van der Waals surface area contributed by atoms with Crippen molar-refractivity contribution >= 4 is 52.1 Å². The summed E-state index contributed by atoms with van der Waals surface area (Å²) in [4.78, 5) is 23.7. The van der Waals surface area contributed by atoms with Crippen LogP contribution in [0.4, 0.5) is 23.3 Å². The molecule has 0 saturated carbocycles. The number of imidazole rings is 1. The van der Waals surface area contributed by atoms with Crippen LogP contribution in [-0.2, 0) is 6.42 Å². The van der Waals surface area contributed by atoms with E-state index in [2.05, 4.69) is 15.3 Å². The minimum atomic E-state index is -0.556. The van der Waals surface area contributed by atoms with Crippen LogP contribution >= 0.6 is 23.2 Å². The molecule has 0 radical (unpaired) electrons. The maximum Gasteiger partial charge on any atom is 0.314 e. The quantitative estimate of drug-likeness (QED) is 0.278. The Morgan fingerprint density at radius 2 is 2.00 bits per heavy atom. The zero-order valence-corrected chi connectivity index (χ0v) is 18.3. The minimum Gasteiger partial charge on any atom is -0.384 e. The second-order valence-electron chi connectivity index (χ2n) is 7.19. The smallest absolute Gasteiger partial charge is 0.314 e. The number of nitrogens with one attached hydrogen (secondary N) is 1. The standard InChI is InChI=1S/C20H18Cl2N8O2/c1-10(6-11-7-16(23)28-19(24)18(11)30(31)32)26-20-27-15(9-17-25-4-5-29(17)20)13-3-2-12(21)8-14(13)22/h2-5,7-10H,6H2,1H3,(H,26,27)(H4,23,24,28). The van der Waals surface area contributed by atoms with E-state index in [1.165, 1.54) is 6.07 Å². The number of rotatable bonds is 6. The van der Waals surface area contributed by atoms with Crippen LogP contribution in [0, 0.1) is 10.1 Å². The highest BCUT2D eigenvalue weighted by atomic mass is 35.5. The van der Waals surface area contributed by atoms with Crippen molar-refractivity contribution in [3.63, 3.8) is 0 Å². The third-order valence-electron chi connectivity index (χ3n) is 4.80. The first-order valence-electron chi connectivity index (χ1n) is 9.48. The fraction of sp³-hybridized carbons (Fsp3) is 0.150. The molecule has 3 aromatic heterocycles. The van der Waals surface area contributed by atoms with Gasteiger partial charge in [0.25, 0.3) is 0 Å². The third kappa shape index (κ3) is 4.23. The molecule has 0 aliphatic heterocycles. The first-order valence-corrected chi connectivity index (χ1v) is 10.2. The number of nitrogens with two attached hydrogens (primary N) is 2. The maximum absolute atomic E-state index is 11.5. The molecule has 1 unspecified atom stereocenters. The summed E-state index contributed by atoms with van der Waals surface area (Å²) < 4.78 is 1.77. The summed E-state index contributed by atoms with van der Waals surface area (Å²) in [6.45, 7) is 1.86. The van der Waals surface area contributed by atoms with Gasteiger partial charge in [-0.05, 0) is 37.6 Å². The summed E-state index contributed by atoms with van der Waals surface area (Å²) in [7, 11) is 0. The average molecular weight is 473 g/mol. The lowest BCUT2D eigenvalue weighted by molar-refractivity contribution is -0.384. The molecule has 0 aliphatic rings. The second-order valence-corrected chi connectivity index (χ2v) is 8.03. The van der Waals surface area contributed by atoms with Crippen LogP contribution < -0.4 is 16.8 Å². The molecule has 0 bridgehead atoms. The van der Waals surface area contributed by atoms with Gasteiger partial charge in [-0.2, -0.15) is 0 Å². The van der Waals surface area contributed by atoms with E-state index in [-0.39, 0.29) is 29.8 Å². The second kappa shape index (κ2) is 8.48. The molecule has 12 heteroatoms. The van der Waals surface area contributed by atoms with Crippen LogP contribution in [0.1, 0.15) is 12.5 Å². The Morgan fingerprint density at radius 3 is 2.72 bits per heavy atom. The molecule has 3 heterocycles. The van der Waals surface area contributed by atoms with E-state index >= 15 is 0 Å². The Kier molecular flexibility index (Phi) is 5.72. The molecular weight excluding hydrogens is 455 g/mol. The number of anilines is 3. The van der Waals surface area contributed by atoms with E-state index in [4.69, 9.17) is 39.7 Å². The normalized spacial score (nSPS) is 12.1. The lowest BCUT2D eigenvalue weighted by Gasteiger charge is -2.17. The highest BCUT2D eigenvalue weighted by Gasteiger charge is 2.22. The number of nitrogens with zero attached hydrogens (tertiary/aromatic N) is 5. The number of benzene rings is 1. The van der Waals surface area contributed by atoms with Crippen LogP contribution in [-0.4, -0.2) is 30.3 Å². The van der Waals surface area contributed by atoms with Crippen molar-refractivity contribution in [2.24, 2.45) is 0 Å². The summed E-state index contributed by atoms with van der Waals surface area (Å²) >= 11 is 12.4. The minimum absolute atomic E-state index is 0.116. The molecule has 10 nitrogen and oxygen atoms in total. The molecular formula is C20H18Cl2N8O2. The summed E-state index contributed by atoms with van der Waals surface area (Å²) in [5.41, 5.74) is 13.5. The number of hydrogen-bond acceptors (Lipinski definition) is 8. The predicted molar refractivity (Wildman–Crippen MR) is 125 cm³/mol. The fourth-order valence-corrected chi connectivity index (χ4v) is 3.97. The van der Waals surface area contributed by atoms with Gasteiger partial charge in [-0.15, -0.1) is 0 Å². The van der Waals surface area contributed by atoms with E-state index in [9.17, 15) is 10.1 Å². The van der Waals surface area contributed by atoms with Gasteiger partial charge in [0.15, 0.2) is 0 Å². The van der Waals surface area contributed by atoms with Crippen molar-refractivity contribution in [3.8, 4) is 11.3 Å². The molecule has 4 aromatic rings. The van der Waals surface area contributed by atoms with Crippen LogP contribution in [0.25, 0.3) is 16.9 Å². The SMILES string of the molecule is CC(Cc1cc(N)nc(N)c1[N+](=O)[O-])Nc1nc(-c2ccc(Cl)cc2Cl)cc2nccn12. The van der Waals surface area contributed by atoms with Crippen molar-refractivity contribution in [1.29, 1.82) is 0 Å². The summed E-state index contributed by atoms with van der Waals surface area (Å²) in [5.74, 6) is 0.391. The molecule has 0 amide bonds. The fourth-order valence-electron chi connectivity index (χ4n) is 3.46. The number of nitro groups is 1. The number of pyridine rings is 1. The Balaban J connectivity index is 1.69. The zero-order chi connectivity index (χ0) is 23.0. The van der Waals surface area contributed by atoms with E-state index < -0.39 is 4.92 Å². The number of hydrogen-bond donors (Lipinski definition) is 3. The Bertz CT molecular complexity index is 1340. The largest absolute Gasteiger partial charge is 0.384 e. The highest BCUT2D eigenvalue weighted by molar-refractivity contribution is 6.36. The molecule has 5 N–H and O–H groups in total. The van der Waals surface area contributed by atoms with Crippen molar-refractivity contribution in [3.05, 3.63) is 68.4 Å². The number of aromatic nitrogens is 4. The summed E-state index contributed by atoms with van der Waals surface area (Å²) in [6, 6.07) is 8.14.